The molecule has 55 heavy (non-hydrogen) atoms. The van der Waals surface area contributed by atoms with Crippen LogP contribution in [0, 0.1) is 0 Å². The topological polar surface area (TPSA) is 16.4 Å². The monoisotopic (exact) mass is 709 g/mol. The molecule has 0 bridgehead atoms. The van der Waals surface area contributed by atoms with Crippen LogP contribution in [0.15, 0.2) is 192 Å². The van der Waals surface area contributed by atoms with E-state index in [-0.39, 0.29) is 5.41 Å². The van der Waals surface area contributed by atoms with Gasteiger partial charge in [0.25, 0.3) is 0 Å². The van der Waals surface area contributed by atoms with E-state index in [1.807, 2.05) is 0 Å². The van der Waals surface area contributed by atoms with Crippen molar-refractivity contribution in [1.82, 2.24) is 0 Å². The molecule has 1 fully saturated rings. The van der Waals surface area contributed by atoms with Gasteiger partial charge in [-0.25, -0.2) is 0 Å². The molecule has 0 atom stereocenters. The minimum atomic E-state index is 0.0326. The van der Waals surface area contributed by atoms with Crippen LogP contribution in [0.1, 0.15) is 49.7 Å². The standard InChI is InChI=1S/C53H43NO/c1-2-12-36-53(35-11-1,41-19-7-4-8-20-41)42-27-31-44(32-28-42)54(43-29-25-40(26-30-43)47-22-13-18-38-17-9-10-21-46(38)47)45-33-34-49-51(37-45)55-50-24-14-23-48(52(49)50)39-15-5-3-6-16-39/h3-10,13-34,37H,1-2,11-12,35-36H2. The lowest BCUT2D eigenvalue weighted by Gasteiger charge is -2.35. The number of hydrogen-bond donors (Lipinski definition) is 0. The maximum Gasteiger partial charge on any atom is 0.137 e. The Morgan fingerprint density at radius 3 is 1.75 bits per heavy atom. The highest BCUT2D eigenvalue weighted by atomic mass is 16.3. The van der Waals surface area contributed by atoms with Crippen molar-refractivity contribution in [2.45, 2.75) is 43.9 Å². The zero-order chi connectivity index (χ0) is 36.6. The van der Waals surface area contributed by atoms with Gasteiger partial charge >= 0.3 is 0 Å². The molecule has 8 aromatic carbocycles. The first kappa shape index (κ1) is 33.2. The smallest absolute Gasteiger partial charge is 0.137 e. The molecule has 1 aliphatic rings. The second-order valence-corrected chi connectivity index (χ2v) is 15.1. The Morgan fingerprint density at radius 1 is 0.400 bits per heavy atom. The lowest BCUT2D eigenvalue weighted by atomic mass is 9.69. The van der Waals surface area contributed by atoms with Crippen molar-refractivity contribution >= 4 is 49.8 Å². The van der Waals surface area contributed by atoms with E-state index in [9.17, 15) is 0 Å². The Hall–Kier alpha value is -6.38. The van der Waals surface area contributed by atoms with E-state index in [1.54, 1.807) is 0 Å². The summed E-state index contributed by atoms with van der Waals surface area (Å²) in [5.74, 6) is 0. The molecule has 10 rings (SSSR count). The van der Waals surface area contributed by atoms with Crippen molar-refractivity contribution < 1.29 is 4.42 Å². The summed E-state index contributed by atoms with van der Waals surface area (Å²) < 4.78 is 6.64. The maximum atomic E-state index is 6.64. The number of nitrogens with zero attached hydrogens (tertiary/aromatic N) is 1. The Kier molecular flexibility index (Phi) is 8.52. The van der Waals surface area contributed by atoms with Gasteiger partial charge in [-0.2, -0.15) is 0 Å². The van der Waals surface area contributed by atoms with Crippen LogP contribution < -0.4 is 4.90 Å². The van der Waals surface area contributed by atoms with Gasteiger partial charge < -0.3 is 9.32 Å². The van der Waals surface area contributed by atoms with Crippen LogP contribution in [0.3, 0.4) is 0 Å². The second-order valence-electron chi connectivity index (χ2n) is 15.1. The molecule has 2 heteroatoms. The number of furan rings is 1. The minimum Gasteiger partial charge on any atom is -0.456 e. The highest BCUT2D eigenvalue weighted by Gasteiger charge is 2.34. The van der Waals surface area contributed by atoms with E-state index in [2.05, 4.69) is 193 Å². The summed E-state index contributed by atoms with van der Waals surface area (Å²) in [6.07, 6.45) is 7.51. The van der Waals surface area contributed by atoms with Crippen molar-refractivity contribution in [2.24, 2.45) is 0 Å². The number of benzene rings is 8. The second kappa shape index (κ2) is 14.1. The van der Waals surface area contributed by atoms with E-state index in [0.29, 0.717) is 0 Å². The molecule has 0 radical (unpaired) electrons. The molecule has 1 aliphatic carbocycles. The SMILES string of the molecule is c1ccc(-c2cccc3oc4cc(N(c5ccc(-c6cccc7ccccc67)cc5)c5ccc(C6(c7ccccc7)CCCCCC6)cc5)ccc4c23)cc1. The van der Waals surface area contributed by atoms with Crippen molar-refractivity contribution in [1.29, 1.82) is 0 Å². The molecule has 1 heterocycles. The van der Waals surface area contributed by atoms with Crippen molar-refractivity contribution in [3.8, 4) is 22.3 Å². The normalized spacial score (nSPS) is 14.3. The number of hydrogen-bond acceptors (Lipinski definition) is 2. The average Bonchev–Trinajstić information content (AvgIpc) is 3.44. The fourth-order valence-corrected chi connectivity index (χ4v) is 9.29. The summed E-state index contributed by atoms with van der Waals surface area (Å²) in [5, 5.41) is 4.79. The van der Waals surface area contributed by atoms with E-state index in [1.165, 1.54) is 82.7 Å². The largest absolute Gasteiger partial charge is 0.456 e. The maximum absolute atomic E-state index is 6.64. The van der Waals surface area contributed by atoms with Gasteiger partial charge in [-0.3, -0.25) is 0 Å². The first-order valence-corrected chi connectivity index (χ1v) is 19.8. The fourth-order valence-electron chi connectivity index (χ4n) is 9.29. The zero-order valence-corrected chi connectivity index (χ0v) is 31.0. The van der Waals surface area contributed by atoms with Crippen LogP contribution in [-0.2, 0) is 5.41 Å². The molecule has 0 amide bonds. The van der Waals surface area contributed by atoms with Crippen LogP contribution >= 0.6 is 0 Å². The van der Waals surface area contributed by atoms with Gasteiger partial charge in [-0.05, 0) is 99.5 Å². The quantitative estimate of drug-likeness (QED) is 0.153. The third kappa shape index (κ3) is 5.99. The van der Waals surface area contributed by atoms with Gasteiger partial charge in [-0.15, -0.1) is 0 Å². The summed E-state index contributed by atoms with van der Waals surface area (Å²) in [7, 11) is 0. The molecular weight excluding hydrogens is 667 g/mol. The third-order valence-corrected chi connectivity index (χ3v) is 12.0. The van der Waals surface area contributed by atoms with Crippen LogP contribution in [0.4, 0.5) is 17.1 Å². The number of fused-ring (bicyclic) bond motifs is 4. The lowest BCUT2D eigenvalue weighted by Crippen LogP contribution is -2.27. The molecule has 0 N–H and O–H groups in total. The molecule has 2 nitrogen and oxygen atoms in total. The Balaban J connectivity index is 1.10. The summed E-state index contributed by atoms with van der Waals surface area (Å²) in [5.41, 5.74) is 12.8. The Morgan fingerprint density at radius 2 is 0.982 bits per heavy atom. The lowest BCUT2D eigenvalue weighted by molar-refractivity contribution is 0.446. The molecule has 1 aromatic heterocycles. The molecule has 0 unspecified atom stereocenters. The van der Waals surface area contributed by atoms with E-state index >= 15 is 0 Å². The van der Waals surface area contributed by atoms with Gasteiger partial charge in [0, 0.05) is 39.3 Å². The number of anilines is 3. The first-order valence-electron chi connectivity index (χ1n) is 19.8. The van der Waals surface area contributed by atoms with Gasteiger partial charge in [-0.1, -0.05) is 165 Å². The predicted molar refractivity (Wildman–Crippen MR) is 232 cm³/mol. The number of rotatable bonds is 7. The van der Waals surface area contributed by atoms with E-state index in [4.69, 9.17) is 4.42 Å². The van der Waals surface area contributed by atoms with Crippen molar-refractivity contribution in [3.63, 3.8) is 0 Å². The Labute approximate surface area is 323 Å². The first-order chi connectivity index (χ1) is 27.2. The summed E-state index contributed by atoms with van der Waals surface area (Å²) >= 11 is 0. The highest BCUT2D eigenvalue weighted by Crippen LogP contribution is 2.46. The minimum absolute atomic E-state index is 0.0326. The van der Waals surface area contributed by atoms with Gasteiger partial charge in [0.2, 0.25) is 0 Å². The van der Waals surface area contributed by atoms with Crippen LogP contribution in [0.2, 0.25) is 0 Å². The third-order valence-electron chi connectivity index (χ3n) is 12.0. The van der Waals surface area contributed by atoms with Crippen molar-refractivity contribution in [3.05, 3.63) is 199 Å². The predicted octanol–water partition coefficient (Wildman–Crippen LogP) is 15.2. The molecule has 0 aliphatic heterocycles. The summed E-state index contributed by atoms with van der Waals surface area (Å²) in [6, 6.07) is 68.6. The van der Waals surface area contributed by atoms with Crippen LogP contribution in [-0.4, -0.2) is 0 Å². The average molecular weight is 710 g/mol. The van der Waals surface area contributed by atoms with Gasteiger partial charge in [0.05, 0.1) is 0 Å². The zero-order valence-electron chi connectivity index (χ0n) is 31.0. The molecule has 9 aromatic rings. The molecule has 266 valence electrons. The summed E-state index contributed by atoms with van der Waals surface area (Å²) in [4.78, 5) is 2.38. The van der Waals surface area contributed by atoms with Gasteiger partial charge in [0.1, 0.15) is 11.2 Å². The molecular formula is C53H43NO. The van der Waals surface area contributed by atoms with E-state index in [0.717, 1.165) is 39.0 Å². The Bertz CT molecular complexity index is 2730. The van der Waals surface area contributed by atoms with Gasteiger partial charge in [0.15, 0.2) is 0 Å². The molecule has 1 saturated carbocycles. The van der Waals surface area contributed by atoms with E-state index < -0.39 is 0 Å². The van der Waals surface area contributed by atoms with Crippen molar-refractivity contribution in [2.75, 3.05) is 4.90 Å². The summed E-state index contributed by atoms with van der Waals surface area (Å²) in [6.45, 7) is 0. The molecule has 0 spiro atoms. The van der Waals surface area contributed by atoms with Crippen LogP contribution in [0.25, 0.3) is 55.0 Å². The van der Waals surface area contributed by atoms with Crippen LogP contribution in [0.5, 0.6) is 0 Å². The highest BCUT2D eigenvalue weighted by molar-refractivity contribution is 6.13. The molecule has 0 saturated heterocycles. The fraction of sp³-hybridized carbons (Fsp3) is 0.132.